The monoisotopic (exact) mass is 430 g/mol. The third-order valence-electron chi connectivity index (χ3n) is 5.03. The van der Waals surface area contributed by atoms with E-state index in [1.807, 2.05) is 24.5 Å². The molecule has 4 nitrogen and oxygen atoms in total. The average molecular weight is 430 g/mol. The van der Waals surface area contributed by atoms with Crippen LogP contribution in [0.25, 0.3) is 0 Å². The molecule has 2 aromatic carbocycles. The minimum Gasteiger partial charge on any atom is -0.340 e. The number of alkyl halides is 3. The van der Waals surface area contributed by atoms with Crippen LogP contribution in [0.1, 0.15) is 22.4 Å². The summed E-state index contributed by atoms with van der Waals surface area (Å²) in [5, 5.41) is 3.84. The van der Waals surface area contributed by atoms with E-state index in [9.17, 15) is 13.2 Å². The van der Waals surface area contributed by atoms with E-state index in [0.717, 1.165) is 42.9 Å². The van der Waals surface area contributed by atoms with Crippen LogP contribution in [0.3, 0.4) is 0 Å². The molecule has 0 bridgehead atoms. The Hall–Kier alpha value is -2.58. The number of hydrogen-bond acceptors (Lipinski definition) is 5. The predicted molar refractivity (Wildman–Crippen MR) is 113 cm³/mol. The van der Waals surface area contributed by atoms with Crippen LogP contribution in [0.2, 0.25) is 0 Å². The number of rotatable bonds is 5. The molecule has 8 heteroatoms. The summed E-state index contributed by atoms with van der Waals surface area (Å²) in [7, 11) is 0. The molecular formula is C22H21F3N4S. The van der Waals surface area contributed by atoms with Gasteiger partial charge in [0.15, 0.2) is 5.16 Å². The predicted octanol–water partition coefficient (Wildman–Crippen LogP) is 5.52. The first-order chi connectivity index (χ1) is 14.4. The van der Waals surface area contributed by atoms with E-state index in [2.05, 4.69) is 27.3 Å². The molecule has 0 fully saturated rings. The van der Waals surface area contributed by atoms with Crippen LogP contribution < -0.4 is 5.32 Å². The van der Waals surface area contributed by atoms with Crippen molar-refractivity contribution < 1.29 is 13.2 Å². The smallest absolute Gasteiger partial charge is 0.340 e. The SMILES string of the molecule is CSc1nc2c(c(Nc3ccc(C(F)(F)F)cc3)n1)CCN(Cc1ccccc1)C2. The lowest BCUT2D eigenvalue weighted by Gasteiger charge is -2.29. The maximum Gasteiger partial charge on any atom is 0.416 e. The Morgan fingerprint density at radius 3 is 2.43 bits per heavy atom. The summed E-state index contributed by atoms with van der Waals surface area (Å²) in [6, 6.07) is 15.3. The second-order valence-corrected chi connectivity index (χ2v) is 7.90. The summed E-state index contributed by atoms with van der Waals surface area (Å²) in [5.41, 5.74) is 3.15. The van der Waals surface area contributed by atoms with Crippen molar-refractivity contribution in [2.45, 2.75) is 30.8 Å². The van der Waals surface area contributed by atoms with Crippen molar-refractivity contribution in [3.05, 3.63) is 77.0 Å². The number of thioether (sulfide) groups is 1. The Balaban J connectivity index is 1.56. The standard InChI is InChI=1S/C22H21F3N4S/c1-30-21-27-19-14-29(13-15-5-3-2-4-6-15)12-11-18(19)20(28-21)26-17-9-7-16(8-10-17)22(23,24)25/h2-10H,11-14H2,1H3,(H,26,27,28). The number of aromatic nitrogens is 2. The van der Waals surface area contributed by atoms with Gasteiger partial charge in [0.05, 0.1) is 11.3 Å². The van der Waals surface area contributed by atoms with Crippen LogP contribution in [0.5, 0.6) is 0 Å². The van der Waals surface area contributed by atoms with Crippen LogP contribution in [0, 0.1) is 0 Å². The van der Waals surface area contributed by atoms with Gasteiger partial charge in [0.1, 0.15) is 5.82 Å². The van der Waals surface area contributed by atoms with Crippen molar-refractivity contribution in [2.75, 3.05) is 18.1 Å². The lowest BCUT2D eigenvalue weighted by molar-refractivity contribution is -0.137. The number of hydrogen-bond donors (Lipinski definition) is 1. The molecule has 0 saturated heterocycles. The van der Waals surface area contributed by atoms with E-state index >= 15 is 0 Å². The van der Waals surface area contributed by atoms with Gasteiger partial charge in [0, 0.05) is 30.9 Å². The third-order valence-corrected chi connectivity index (χ3v) is 5.58. The first-order valence-corrected chi connectivity index (χ1v) is 10.8. The minimum absolute atomic E-state index is 0.572. The van der Waals surface area contributed by atoms with Crippen LogP contribution in [-0.4, -0.2) is 27.7 Å². The van der Waals surface area contributed by atoms with E-state index in [0.29, 0.717) is 23.2 Å². The topological polar surface area (TPSA) is 41.1 Å². The fourth-order valence-corrected chi connectivity index (χ4v) is 3.90. The second kappa shape index (κ2) is 8.65. The average Bonchev–Trinajstić information content (AvgIpc) is 2.74. The van der Waals surface area contributed by atoms with E-state index in [-0.39, 0.29) is 0 Å². The highest BCUT2D eigenvalue weighted by molar-refractivity contribution is 7.98. The number of benzene rings is 2. The fraction of sp³-hybridized carbons (Fsp3) is 0.273. The van der Waals surface area contributed by atoms with Gasteiger partial charge in [-0.2, -0.15) is 13.2 Å². The van der Waals surface area contributed by atoms with E-state index < -0.39 is 11.7 Å². The zero-order chi connectivity index (χ0) is 21.1. The molecule has 0 spiro atoms. The lowest BCUT2D eigenvalue weighted by Crippen LogP contribution is -2.31. The minimum atomic E-state index is -4.35. The molecule has 1 N–H and O–H groups in total. The van der Waals surface area contributed by atoms with Crippen molar-refractivity contribution in [1.82, 2.24) is 14.9 Å². The van der Waals surface area contributed by atoms with Gasteiger partial charge in [-0.3, -0.25) is 4.90 Å². The molecule has 4 rings (SSSR count). The molecule has 0 unspecified atom stereocenters. The Labute approximate surface area is 177 Å². The van der Waals surface area contributed by atoms with Gasteiger partial charge in [-0.25, -0.2) is 9.97 Å². The van der Waals surface area contributed by atoms with Gasteiger partial charge in [0.25, 0.3) is 0 Å². The van der Waals surface area contributed by atoms with Gasteiger partial charge < -0.3 is 5.32 Å². The summed E-state index contributed by atoms with van der Waals surface area (Å²) >= 11 is 1.45. The highest BCUT2D eigenvalue weighted by Gasteiger charge is 2.30. The molecule has 3 aromatic rings. The maximum atomic E-state index is 12.8. The lowest BCUT2D eigenvalue weighted by atomic mass is 10.0. The van der Waals surface area contributed by atoms with Crippen LogP contribution in [0.15, 0.2) is 59.8 Å². The Kier molecular flexibility index (Phi) is 5.97. The summed E-state index contributed by atoms with van der Waals surface area (Å²) < 4.78 is 38.4. The number of anilines is 2. The van der Waals surface area contributed by atoms with Crippen LogP contribution >= 0.6 is 11.8 Å². The second-order valence-electron chi connectivity index (χ2n) is 7.13. The molecule has 0 radical (unpaired) electrons. The van der Waals surface area contributed by atoms with Gasteiger partial charge >= 0.3 is 6.18 Å². The summed E-state index contributed by atoms with van der Waals surface area (Å²) in [4.78, 5) is 11.6. The van der Waals surface area contributed by atoms with E-state index in [1.54, 1.807) is 0 Å². The van der Waals surface area contributed by atoms with E-state index in [4.69, 9.17) is 4.98 Å². The Morgan fingerprint density at radius 2 is 1.77 bits per heavy atom. The first kappa shape index (κ1) is 20.7. The van der Waals surface area contributed by atoms with E-state index in [1.165, 1.54) is 29.5 Å². The number of fused-ring (bicyclic) bond motifs is 1. The zero-order valence-electron chi connectivity index (χ0n) is 16.4. The van der Waals surface area contributed by atoms with Crippen LogP contribution in [0.4, 0.5) is 24.7 Å². The number of nitrogens with one attached hydrogen (secondary N) is 1. The molecule has 0 atom stereocenters. The molecule has 1 aliphatic heterocycles. The molecule has 0 aliphatic carbocycles. The summed E-state index contributed by atoms with van der Waals surface area (Å²) in [6.07, 6.45) is -1.66. The normalized spacial score (nSPS) is 14.4. The van der Waals surface area contributed by atoms with Crippen molar-refractivity contribution in [1.29, 1.82) is 0 Å². The van der Waals surface area contributed by atoms with Gasteiger partial charge in [-0.05, 0) is 42.5 Å². The molecule has 1 aromatic heterocycles. The molecular weight excluding hydrogens is 409 g/mol. The highest BCUT2D eigenvalue weighted by atomic mass is 32.2. The third kappa shape index (κ3) is 4.76. The molecule has 0 amide bonds. The van der Waals surface area contributed by atoms with Gasteiger partial charge in [0.2, 0.25) is 0 Å². The first-order valence-electron chi connectivity index (χ1n) is 9.57. The molecule has 2 heterocycles. The maximum absolute atomic E-state index is 12.8. The fourth-order valence-electron chi connectivity index (χ4n) is 3.51. The molecule has 1 aliphatic rings. The Bertz CT molecular complexity index is 1010. The highest BCUT2D eigenvalue weighted by Crippen LogP contribution is 2.32. The van der Waals surface area contributed by atoms with Crippen LogP contribution in [-0.2, 0) is 25.7 Å². The molecule has 30 heavy (non-hydrogen) atoms. The Morgan fingerprint density at radius 1 is 1.03 bits per heavy atom. The van der Waals surface area contributed by atoms with Crippen molar-refractivity contribution in [3.63, 3.8) is 0 Å². The van der Waals surface area contributed by atoms with Crippen molar-refractivity contribution in [3.8, 4) is 0 Å². The zero-order valence-corrected chi connectivity index (χ0v) is 17.2. The van der Waals surface area contributed by atoms with Gasteiger partial charge in [-0.1, -0.05) is 42.1 Å². The molecule has 0 saturated carbocycles. The van der Waals surface area contributed by atoms with Crippen molar-refractivity contribution in [2.24, 2.45) is 0 Å². The van der Waals surface area contributed by atoms with Gasteiger partial charge in [-0.15, -0.1) is 0 Å². The summed E-state index contributed by atoms with van der Waals surface area (Å²) in [6.45, 7) is 2.42. The van der Waals surface area contributed by atoms with Crippen molar-refractivity contribution >= 4 is 23.3 Å². The quantitative estimate of drug-likeness (QED) is 0.426. The largest absolute Gasteiger partial charge is 0.416 e. The number of halogens is 3. The molecule has 156 valence electrons. The number of nitrogens with zero attached hydrogens (tertiary/aromatic N) is 3. The summed E-state index contributed by atoms with van der Waals surface area (Å²) in [5.74, 6) is 0.670.